The molecule has 3 saturated heterocycles. The Morgan fingerprint density at radius 3 is 2.43 bits per heavy atom. The van der Waals surface area contributed by atoms with Crippen LogP contribution in [0.5, 0.6) is 0 Å². The van der Waals surface area contributed by atoms with Crippen molar-refractivity contribution >= 4 is 23.4 Å². The molecule has 2 bridgehead atoms. The number of ether oxygens (including phenoxy) is 1. The summed E-state index contributed by atoms with van der Waals surface area (Å²) in [7, 11) is 0. The third kappa shape index (κ3) is 4.16. The van der Waals surface area contributed by atoms with E-state index in [1.165, 1.54) is 6.42 Å². The van der Waals surface area contributed by atoms with E-state index in [0.717, 1.165) is 25.7 Å². The van der Waals surface area contributed by atoms with E-state index in [1.54, 1.807) is 4.90 Å². The van der Waals surface area contributed by atoms with E-state index < -0.39 is 35.1 Å². The molecule has 4 aliphatic rings. The van der Waals surface area contributed by atoms with E-state index in [9.17, 15) is 19.5 Å². The first kappa shape index (κ1) is 26.2. The fourth-order valence-electron chi connectivity index (χ4n) is 7.60. The average molecular weight is 512 g/mol. The maximum atomic E-state index is 14.3. The Kier molecular flexibility index (Phi) is 7.09. The van der Waals surface area contributed by atoms with E-state index in [2.05, 4.69) is 10.6 Å². The second kappa shape index (κ2) is 10.0. The van der Waals surface area contributed by atoms with Crippen molar-refractivity contribution in [2.45, 2.75) is 101 Å². The third-order valence-corrected chi connectivity index (χ3v) is 9.46. The molecule has 3 N–H and O–H groups in total. The Labute approximate surface area is 219 Å². The van der Waals surface area contributed by atoms with Crippen LogP contribution in [0.4, 0.5) is 5.69 Å². The smallest absolute Gasteiger partial charge is 0.246 e. The summed E-state index contributed by atoms with van der Waals surface area (Å²) in [5, 5.41) is 16.6. The lowest BCUT2D eigenvalue weighted by Gasteiger charge is -2.39. The highest BCUT2D eigenvalue weighted by atomic mass is 16.5. The summed E-state index contributed by atoms with van der Waals surface area (Å²) in [5.41, 5.74) is -1.20. The Balaban J connectivity index is 1.54. The number of benzene rings is 1. The number of para-hydroxylation sites is 1. The summed E-state index contributed by atoms with van der Waals surface area (Å²) in [5.74, 6) is -2.24. The molecule has 8 heteroatoms. The van der Waals surface area contributed by atoms with Crippen LogP contribution in [0.2, 0.25) is 0 Å². The lowest BCUT2D eigenvalue weighted by Crippen LogP contribution is -2.60. The first-order valence-corrected chi connectivity index (χ1v) is 14.1. The van der Waals surface area contributed by atoms with E-state index in [-0.39, 0.29) is 36.3 Å². The molecular formula is C29H41N3O5. The molecule has 5 rings (SSSR count). The number of aliphatic hydroxyl groups excluding tert-OH is 1. The van der Waals surface area contributed by atoms with Crippen molar-refractivity contribution in [2.24, 2.45) is 17.8 Å². The Morgan fingerprint density at radius 1 is 1.11 bits per heavy atom. The molecule has 3 heterocycles. The number of carbonyl (C=O) groups excluding carboxylic acids is 3. The number of nitrogens with zero attached hydrogens (tertiary/aromatic N) is 1. The van der Waals surface area contributed by atoms with Crippen LogP contribution in [0.1, 0.15) is 72.1 Å². The third-order valence-electron chi connectivity index (χ3n) is 9.46. The molecule has 2 unspecified atom stereocenters. The van der Waals surface area contributed by atoms with Crippen LogP contribution in [-0.2, 0) is 19.1 Å². The average Bonchev–Trinajstić information content (AvgIpc) is 3.49. The predicted molar refractivity (Wildman–Crippen MR) is 139 cm³/mol. The Hall–Kier alpha value is -2.45. The van der Waals surface area contributed by atoms with Gasteiger partial charge in [0, 0.05) is 11.7 Å². The maximum Gasteiger partial charge on any atom is 0.246 e. The van der Waals surface area contributed by atoms with Gasteiger partial charge >= 0.3 is 0 Å². The Bertz CT molecular complexity index is 1030. The number of aliphatic hydroxyl groups is 1. The van der Waals surface area contributed by atoms with Crippen molar-refractivity contribution in [1.82, 2.24) is 10.2 Å². The normalized spacial score (nSPS) is 34.0. The zero-order valence-electron chi connectivity index (χ0n) is 22.2. The monoisotopic (exact) mass is 511 g/mol. The Morgan fingerprint density at radius 2 is 1.81 bits per heavy atom. The highest BCUT2D eigenvalue weighted by Crippen LogP contribution is 2.64. The molecule has 3 amide bonds. The zero-order valence-corrected chi connectivity index (χ0v) is 22.2. The highest BCUT2D eigenvalue weighted by molar-refractivity contribution is 6.02. The van der Waals surface area contributed by atoms with Crippen molar-refractivity contribution in [1.29, 1.82) is 0 Å². The SMILES string of the molecule is CC[C@]12CCC3(O1)C(C(=O)NC1CCCCC1)N([C@@H](CO)C(C)C)C(=O)[C@@H]3[C@H]2C(=O)Nc1ccccc1. The number of rotatable bonds is 8. The molecule has 4 fully saturated rings. The number of hydrogen-bond acceptors (Lipinski definition) is 5. The quantitative estimate of drug-likeness (QED) is 0.497. The summed E-state index contributed by atoms with van der Waals surface area (Å²) < 4.78 is 6.82. The van der Waals surface area contributed by atoms with Crippen molar-refractivity contribution in [3.8, 4) is 0 Å². The van der Waals surface area contributed by atoms with Gasteiger partial charge in [-0.05, 0) is 50.2 Å². The van der Waals surface area contributed by atoms with Crippen molar-refractivity contribution < 1.29 is 24.2 Å². The molecule has 6 atom stereocenters. The van der Waals surface area contributed by atoms with Crippen molar-refractivity contribution in [3.63, 3.8) is 0 Å². The number of nitrogens with one attached hydrogen (secondary N) is 2. The largest absolute Gasteiger partial charge is 0.394 e. The topological polar surface area (TPSA) is 108 Å². The first-order chi connectivity index (χ1) is 17.8. The maximum absolute atomic E-state index is 14.3. The van der Waals surface area contributed by atoms with Crippen LogP contribution in [0.25, 0.3) is 0 Å². The van der Waals surface area contributed by atoms with Gasteiger partial charge in [-0.25, -0.2) is 0 Å². The van der Waals surface area contributed by atoms with E-state index in [0.29, 0.717) is 24.9 Å². The van der Waals surface area contributed by atoms with Gasteiger partial charge in [0.15, 0.2) is 0 Å². The van der Waals surface area contributed by atoms with Gasteiger partial charge in [-0.2, -0.15) is 0 Å². The van der Waals surface area contributed by atoms with Crippen LogP contribution in [0, 0.1) is 17.8 Å². The molecular weight excluding hydrogens is 470 g/mol. The van der Waals surface area contributed by atoms with Crippen LogP contribution in [0.3, 0.4) is 0 Å². The van der Waals surface area contributed by atoms with Gasteiger partial charge in [0.05, 0.1) is 30.1 Å². The van der Waals surface area contributed by atoms with Gasteiger partial charge < -0.3 is 25.4 Å². The molecule has 0 radical (unpaired) electrons. The van der Waals surface area contributed by atoms with Crippen LogP contribution >= 0.6 is 0 Å². The van der Waals surface area contributed by atoms with Crippen molar-refractivity contribution in [3.05, 3.63) is 30.3 Å². The van der Waals surface area contributed by atoms with Gasteiger partial charge in [-0.1, -0.05) is 58.2 Å². The van der Waals surface area contributed by atoms with E-state index in [4.69, 9.17) is 4.74 Å². The summed E-state index contributed by atoms with van der Waals surface area (Å²) in [6, 6.07) is 7.92. The van der Waals surface area contributed by atoms with Crippen LogP contribution in [-0.4, -0.2) is 63.7 Å². The summed E-state index contributed by atoms with van der Waals surface area (Å²) >= 11 is 0. The minimum absolute atomic E-state index is 0.0666. The zero-order chi connectivity index (χ0) is 26.4. The van der Waals surface area contributed by atoms with Gasteiger partial charge in [0.2, 0.25) is 17.7 Å². The van der Waals surface area contributed by atoms with Crippen LogP contribution in [0.15, 0.2) is 30.3 Å². The predicted octanol–water partition coefficient (Wildman–Crippen LogP) is 3.25. The summed E-state index contributed by atoms with van der Waals surface area (Å²) in [6.45, 7) is 5.63. The fourth-order valence-corrected chi connectivity index (χ4v) is 7.60. The highest BCUT2D eigenvalue weighted by Gasteiger charge is 2.79. The molecule has 1 spiro atoms. The number of anilines is 1. The lowest BCUT2D eigenvalue weighted by molar-refractivity contribution is -0.151. The van der Waals surface area contributed by atoms with E-state index >= 15 is 0 Å². The second-order valence-electron chi connectivity index (χ2n) is 11.8. The molecule has 37 heavy (non-hydrogen) atoms. The number of fused-ring (bicyclic) bond motifs is 1. The van der Waals surface area contributed by atoms with Gasteiger partial charge in [0.25, 0.3) is 0 Å². The molecule has 1 aliphatic carbocycles. The molecule has 1 saturated carbocycles. The minimum Gasteiger partial charge on any atom is -0.394 e. The van der Waals surface area contributed by atoms with Gasteiger partial charge in [0.1, 0.15) is 11.6 Å². The number of carbonyl (C=O) groups is 3. The molecule has 3 aliphatic heterocycles. The van der Waals surface area contributed by atoms with Crippen LogP contribution < -0.4 is 10.6 Å². The molecule has 1 aromatic rings. The van der Waals surface area contributed by atoms with E-state index in [1.807, 2.05) is 51.1 Å². The molecule has 8 nitrogen and oxygen atoms in total. The molecule has 1 aromatic carbocycles. The molecule has 0 aromatic heterocycles. The number of hydrogen-bond donors (Lipinski definition) is 3. The number of likely N-dealkylation sites (tertiary alicyclic amines) is 1. The van der Waals surface area contributed by atoms with Gasteiger partial charge in [-0.3, -0.25) is 14.4 Å². The second-order valence-corrected chi connectivity index (χ2v) is 11.8. The summed E-state index contributed by atoms with van der Waals surface area (Å²) in [4.78, 5) is 43.7. The lowest BCUT2D eigenvalue weighted by atomic mass is 9.65. The van der Waals surface area contributed by atoms with Gasteiger partial charge in [-0.15, -0.1) is 0 Å². The van der Waals surface area contributed by atoms with Crippen molar-refractivity contribution in [2.75, 3.05) is 11.9 Å². The summed E-state index contributed by atoms with van der Waals surface area (Å²) in [6.07, 6.45) is 6.93. The number of amides is 3. The minimum atomic E-state index is -1.08. The fraction of sp³-hybridized carbons (Fsp3) is 0.690. The standard InChI is InChI=1S/C29H41N3O5/c1-4-28-15-16-29(37-28)23(22(28)25(34)30-19-11-7-5-8-12-19)27(36)32(21(17-33)18(2)3)24(29)26(35)31-20-13-9-6-10-14-20/h5,7-8,11-12,18,20-24,33H,4,6,9-10,13-17H2,1-3H3,(H,30,34)(H,31,35)/t21-,22-,23-,24?,28+,29?/m0/s1. The first-order valence-electron chi connectivity index (χ1n) is 14.1. The molecule has 202 valence electrons.